The van der Waals surface area contributed by atoms with Crippen molar-refractivity contribution in [3.8, 4) is 5.75 Å². The van der Waals surface area contributed by atoms with E-state index in [4.69, 9.17) is 16.3 Å². The quantitative estimate of drug-likeness (QED) is 0.376. The van der Waals surface area contributed by atoms with Gasteiger partial charge in [-0.15, -0.1) is 11.6 Å². The van der Waals surface area contributed by atoms with Crippen LogP contribution in [0.4, 0.5) is 4.39 Å². The number of halogens is 4. The predicted octanol–water partition coefficient (Wildman–Crippen LogP) is 6.15. The molecule has 1 atom stereocenters. The predicted molar refractivity (Wildman–Crippen MR) is 97.0 cm³/mol. The van der Waals surface area contributed by atoms with E-state index in [-0.39, 0.29) is 5.82 Å². The van der Waals surface area contributed by atoms with E-state index in [0.29, 0.717) is 0 Å². The fraction of sp³-hybridized carbons (Fsp3) is 0.250. The molecule has 1 unspecified atom stereocenters. The minimum absolute atomic E-state index is 0.263. The average Bonchev–Trinajstić information content (AvgIpc) is 2.41. The number of hydrogen-bond acceptors (Lipinski definition) is 1. The average molecular weight is 484 g/mol. The SMILES string of the molecule is COc1c(C)cc(Br)c(C)c1C(Cl)c1ccc(F)cc1I. The van der Waals surface area contributed by atoms with E-state index in [9.17, 15) is 4.39 Å². The van der Waals surface area contributed by atoms with Crippen molar-refractivity contribution in [2.75, 3.05) is 7.11 Å². The van der Waals surface area contributed by atoms with Gasteiger partial charge in [-0.3, -0.25) is 0 Å². The molecule has 0 saturated heterocycles. The first-order valence-electron chi connectivity index (χ1n) is 6.29. The van der Waals surface area contributed by atoms with Gasteiger partial charge in [0, 0.05) is 13.6 Å². The summed E-state index contributed by atoms with van der Waals surface area (Å²) in [5, 5.41) is -0.399. The molecule has 112 valence electrons. The molecular formula is C16H14BrClFIO. The molecule has 0 spiro atoms. The summed E-state index contributed by atoms with van der Waals surface area (Å²) < 4.78 is 20.6. The summed E-state index contributed by atoms with van der Waals surface area (Å²) in [7, 11) is 1.64. The van der Waals surface area contributed by atoms with Gasteiger partial charge in [0.1, 0.15) is 11.6 Å². The zero-order chi connectivity index (χ0) is 15.7. The summed E-state index contributed by atoms with van der Waals surface area (Å²) >= 11 is 12.4. The molecule has 0 bridgehead atoms. The lowest BCUT2D eigenvalue weighted by Crippen LogP contribution is -2.04. The van der Waals surface area contributed by atoms with Crippen LogP contribution in [-0.4, -0.2) is 7.11 Å². The van der Waals surface area contributed by atoms with E-state index >= 15 is 0 Å². The van der Waals surface area contributed by atoms with Gasteiger partial charge in [0.05, 0.1) is 12.5 Å². The monoisotopic (exact) mass is 482 g/mol. The van der Waals surface area contributed by atoms with Gasteiger partial charge >= 0.3 is 0 Å². The minimum Gasteiger partial charge on any atom is -0.496 e. The molecule has 0 radical (unpaired) electrons. The van der Waals surface area contributed by atoms with Crippen LogP contribution in [0.15, 0.2) is 28.7 Å². The molecule has 0 heterocycles. The van der Waals surface area contributed by atoms with Crippen LogP contribution in [0.25, 0.3) is 0 Å². The number of hydrogen-bond donors (Lipinski definition) is 0. The molecule has 0 aliphatic heterocycles. The van der Waals surface area contributed by atoms with Crippen molar-refractivity contribution in [3.63, 3.8) is 0 Å². The molecule has 0 aromatic heterocycles. The van der Waals surface area contributed by atoms with Crippen LogP contribution in [0, 0.1) is 23.2 Å². The second-order valence-electron chi connectivity index (χ2n) is 4.78. The highest BCUT2D eigenvalue weighted by molar-refractivity contribution is 14.1. The zero-order valence-electron chi connectivity index (χ0n) is 11.8. The van der Waals surface area contributed by atoms with Gasteiger partial charge in [0.2, 0.25) is 0 Å². The van der Waals surface area contributed by atoms with Crippen LogP contribution in [0.3, 0.4) is 0 Å². The van der Waals surface area contributed by atoms with Crippen LogP contribution in [0.1, 0.15) is 27.6 Å². The van der Waals surface area contributed by atoms with Gasteiger partial charge in [0.25, 0.3) is 0 Å². The van der Waals surface area contributed by atoms with Crippen molar-refractivity contribution in [2.24, 2.45) is 0 Å². The van der Waals surface area contributed by atoms with Crippen molar-refractivity contribution < 1.29 is 9.13 Å². The Morgan fingerprint density at radius 1 is 1.29 bits per heavy atom. The third-order valence-electron chi connectivity index (χ3n) is 3.40. The van der Waals surface area contributed by atoms with Gasteiger partial charge in [-0.2, -0.15) is 0 Å². The highest BCUT2D eigenvalue weighted by Crippen LogP contribution is 2.43. The van der Waals surface area contributed by atoms with Crippen LogP contribution < -0.4 is 4.74 Å². The molecule has 0 aliphatic carbocycles. The fourth-order valence-corrected chi connectivity index (χ4v) is 4.30. The standard InChI is InChI=1S/C16H14BrClFIO/c1-8-6-12(17)9(2)14(16(8)21-3)15(18)11-5-4-10(19)7-13(11)20/h4-7,15H,1-3H3. The van der Waals surface area contributed by atoms with E-state index < -0.39 is 5.38 Å². The molecule has 2 rings (SSSR count). The molecule has 0 aliphatic rings. The number of aryl methyl sites for hydroxylation is 1. The Morgan fingerprint density at radius 3 is 2.52 bits per heavy atom. The lowest BCUT2D eigenvalue weighted by Gasteiger charge is -2.21. The van der Waals surface area contributed by atoms with Gasteiger partial charge in [0.15, 0.2) is 0 Å². The van der Waals surface area contributed by atoms with Crippen LogP contribution in [0.2, 0.25) is 0 Å². The van der Waals surface area contributed by atoms with Gasteiger partial charge in [-0.1, -0.05) is 22.0 Å². The van der Waals surface area contributed by atoms with E-state index in [1.807, 2.05) is 19.9 Å². The number of rotatable bonds is 3. The number of ether oxygens (including phenoxy) is 1. The molecule has 21 heavy (non-hydrogen) atoms. The van der Waals surface area contributed by atoms with E-state index in [1.54, 1.807) is 13.2 Å². The van der Waals surface area contributed by atoms with Crippen molar-refractivity contribution in [1.29, 1.82) is 0 Å². The van der Waals surface area contributed by atoms with E-state index in [2.05, 4.69) is 38.5 Å². The normalized spacial score (nSPS) is 12.3. The van der Waals surface area contributed by atoms with Gasteiger partial charge in [-0.25, -0.2) is 4.39 Å². The maximum absolute atomic E-state index is 13.3. The number of alkyl halides is 1. The molecular weight excluding hydrogens is 469 g/mol. The molecule has 2 aromatic carbocycles. The number of methoxy groups -OCH3 is 1. The largest absolute Gasteiger partial charge is 0.496 e. The topological polar surface area (TPSA) is 9.23 Å². The van der Waals surface area contributed by atoms with Crippen molar-refractivity contribution in [2.45, 2.75) is 19.2 Å². The third-order valence-corrected chi connectivity index (χ3v) is 5.61. The Kier molecular flexibility index (Phi) is 5.54. The first-order valence-corrected chi connectivity index (χ1v) is 8.60. The maximum Gasteiger partial charge on any atom is 0.127 e. The smallest absolute Gasteiger partial charge is 0.127 e. The summed E-state index contributed by atoms with van der Waals surface area (Å²) in [6.07, 6.45) is 0. The minimum atomic E-state index is -0.399. The van der Waals surface area contributed by atoms with E-state index in [1.165, 1.54) is 12.1 Å². The molecule has 5 heteroatoms. The Bertz CT molecular complexity index is 690. The second-order valence-corrected chi connectivity index (χ2v) is 7.23. The third kappa shape index (κ3) is 3.37. The summed E-state index contributed by atoms with van der Waals surface area (Å²) in [6, 6.07) is 6.65. The first kappa shape index (κ1) is 17.0. The summed E-state index contributed by atoms with van der Waals surface area (Å²) in [4.78, 5) is 0. The van der Waals surface area contributed by atoms with Gasteiger partial charge < -0.3 is 4.74 Å². The van der Waals surface area contributed by atoms with Crippen LogP contribution in [-0.2, 0) is 0 Å². The highest BCUT2D eigenvalue weighted by Gasteiger charge is 2.23. The second kappa shape index (κ2) is 6.84. The van der Waals surface area contributed by atoms with Crippen molar-refractivity contribution in [3.05, 3.63) is 60.4 Å². The molecule has 1 nitrogen and oxygen atoms in total. The highest BCUT2D eigenvalue weighted by atomic mass is 127. The van der Waals surface area contributed by atoms with Gasteiger partial charge in [-0.05, 0) is 71.3 Å². The lowest BCUT2D eigenvalue weighted by molar-refractivity contribution is 0.406. The molecule has 0 fully saturated rings. The first-order chi connectivity index (χ1) is 9.86. The molecule has 0 N–H and O–H groups in total. The Hall–Kier alpha value is -0.330. The fourth-order valence-electron chi connectivity index (χ4n) is 2.31. The molecule has 2 aromatic rings. The number of benzene rings is 2. The van der Waals surface area contributed by atoms with Crippen LogP contribution >= 0.6 is 50.1 Å². The van der Waals surface area contributed by atoms with E-state index in [0.717, 1.165) is 36.0 Å². The summed E-state index contributed by atoms with van der Waals surface area (Å²) in [6.45, 7) is 3.97. The Morgan fingerprint density at radius 2 is 1.95 bits per heavy atom. The Balaban J connectivity index is 2.65. The lowest BCUT2D eigenvalue weighted by atomic mass is 9.96. The van der Waals surface area contributed by atoms with Crippen molar-refractivity contribution in [1.82, 2.24) is 0 Å². The van der Waals surface area contributed by atoms with Crippen LogP contribution in [0.5, 0.6) is 5.75 Å². The summed E-state index contributed by atoms with van der Waals surface area (Å²) in [5.74, 6) is 0.511. The maximum atomic E-state index is 13.3. The molecule has 0 amide bonds. The zero-order valence-corrected chi connectivity index (χ0v) is 16.3. The molecule has 0 saturated carbocycles. The Labute approximate surface area is 151 Å². The van der Waals surface area contributed by atoms with Crippen molar-refractivity contribution >= 4 is 50.1 Å². The summed E-state index contributed by atoms with van der Waals surface area (Å²) in [5.41, 5.74) is 3.82.